The molecule has 0 radical (unpaired) electrons. The number of hydrogen-bond acceptors (Lipinski definition) is 2. The summed E-state index contributed by atoms with van der Waals surface area (Å²) >= 11 is 4.85. The first-order chi connectivity index (χ1) is 5.95. The summed E-state index contributed by atoms with van der Waals surface area (Å²) in [5, 5.41) is 7.52. The number of carbonyl (C=O) groups excluding carboxylic acids is 1. The van der Waals surface area contributed by atoms with Gasteiger partial charge in [0.25, 0.3) is 5.24 Å². The SMILES string of the molecule is O=C(Cl)c1cc(F)c(F)c(F)c1O. The van der Waals surface area contributed by atoms with Crippen molar-refractivity contribution in [3.8, 4) is 5.75 Å². The summed E-state index contributed by atoms with van der Waals surface area (Å²) in [7, 11) is 0. The summed E-state index contributed by atoms with van der Waals surface area (Å²) in [6.07, 6.45) is 0. The highest BCUT2D eigenvalue weighted by Gasteiger charge is 2.20. The predicted molar refractivity (Wildman–Crippen MR) is 38.2 cm³/mol. The molecule has 0 saturated heterocycles. The van der Waals surface area contributed by atoms with E-state index in [4.69, 9.17) is 16.7 Å². The van der Waals surface area contributed by atoms with Gasteiger partial charge in [-0.1, -0.05) is 0 Å². The van der Waals surface area contributed by atoms with Crippen molar-refractivity contribution in [2.24, 2.45) is 0 Å². The zero-order chi connectivity index (χ0) is 10.2. The maximum Gasteiger partial charge on any atom is 0.256 e. The summed E-state index contributed by atoms with van der Waals surface area (Å²) < 4.78 is 37.4. The van der Waals surface area contributed by atoms with Crippen LogP contribution in [0.2, 0.25) is 0 Å². The molecule has 1 aromatic rings. The van der Waals surface area contributed by atoms with E-state index in [0.29, 0.717) is 6.07 Å². The van der Waals surface area contributed by atoms with Crippen molar-refractivity contribution in [1.29, 1.82) is 0 Å². The van der Waals surface area contributed by atoms with E-state index in [0.717, 1.165) is 0 Å². The van der Waals surface area contributed by atoms with Crippen molar-refractivity contribution in [3.05, 3.63) is 29.1 Å². The zero-order valence-corrected chi connectivity index (χ0v) is 6.70. The van der Waals surface area contributed by atoms with Gasteiger partial charge >= 0.3 is 0 Å². The van der Waals surface area contributed by atoms with E-state index in [1.807, 2.05) is 0 Å². The van der Waals surface area contributed by atoms with Gasteiger partial charge in [-0.25, -0.2) is 8.78 Å². The number of benzene rings is 1. The summed E-state index contributed by atoms with van der Waals surface area (Å²) in [5.74, 6) is -6.55. The lowest BCUT2D eigenvalue weighted by Gasteiger charge is -2.01. The minimum absolute atomic E-state index is 0.322. The molecular weight excluding hydrogens is 209 g/mol. The third-order valence-electron chi connectivity index (χ3n) is 1.35. The second kappa shape index (κ2) is 3.26. The van der Waals surface area contributed by atoms with Crippen LogP contribution >= 0.6 is 11.6 Å². The first-order valence-electron chi connectivity index (χ1n) is 3.01. The van der Waals surface area contributed by atoms with Crippen LogP contribution in [0.1, 0.15) is 10.4 Å². The molecule has 0 atom stereocenters. The van der Waals surface area contributed by atoms with E-state index in [1.54, 1.807) is 0 Å². The van der Waals surface area contributed by atoms with Gasteiger partial charge in [0, 0.05) is 0 Å². The van der Waals surface area contributed by atoms with Gasteiger partial charge in [0.15, 0.2) is 17.4 Å². The Morgan fingerprint density at radius 3 is 2.31 bits per heavy atom. The molecule has 1 N–H and O–H groups in total. The van der Waals surface area contributed by atoms with Gasteiger partial charge in [-0.05, 0) is 17.7 Å². The molecular formula is C7H2ClF3O2. The third kappa shape index (κ3) is 1.60. The molecule has 2 nitrogen and oxygen atoms in total. The Bertz CT molecular complexity index is 378. The average Bonchev–Trinajstić information content (AvgIpc) is 2.07. The van der Waals surface area contributed by atoms with Crippen LogP contribution in [0.15, 0.2) is 6.07 Å². The van der Waals surface area contributed by atoms with Crippen LogP contribution in [0.3, 0.4) is 0 Å². The minimum atomic E-state index is -1.85. The van der Waals surface area contributed by atoms with Gasteiger partial charge < -0.3 is 5.11 Å². The molecule has 0 fully saturated rings. The molecule has 0 aliphatic carbocycles. The maximum absolute atomic E-state index is 12.5. The highest BCUT2D eigenvalue weighted by Crippen LogP contribution is 2.26. The zero-order valence-electron chi connectivity index (χ0n) is 5.94. The van der Waals surface area contributed by atoms with E-state index in [2.05, 4.69) is 0 Å². The van der Waals surface area contributed by atoms with E-state index in [1.165, 1.54) is 0 Å². The van der Waals surface area contributed by atoms with Gasteiger partial charge in [-0.15, -0.1) is 0 Å². The van der Waals surface area contributed by atoms with Gasteiger partial charge in [-0.3, -0.25) is 4.79 Å². The second-order valence-corrected chi connectivity index (χ2v) is 2.50. The fraction of sp³-hybridized carbons (Fsp3) is 0. The van der Waals surface area contributed by atoms with Crippen LogP contribution in [0, 0.1) is 17.5 Å². The third-order valence-corrected chi connectivity index (χ3v) is 1.55. The van der Waals surface area contributed by atoms with Crippen molar-refractivity contribution in [1.82, 2.24) is 0 Å². The molecule has 0 bridgehead atoms. The molecule has 13 heavy (non-hydrogen) atoms. The predicted octanol–water partition coefficient (Wildman–Crippen LogP) is 2.19. The lowest BCUT2D eigenvalue weighted by molar-refractivity contribution is 0.107. The molecule has 0 aliphatic rings. The normalized spacial score (nSPS) is 10.2. The molecule has 0 heterocycles. The van der Waals surface area contributed by atoms with Crippen molar-refractivity contribution in [2.75, 3.05) is 0 Å². The maximum atomic E-state index is 12.5. The van der Waals surface area contributed by atoms with Gasteiger partial charge in [0.05, 0.1) is 5.56 Å². The smallest absolute Gasteiger partial charge is 0.256 e. The van der Waals surface area contributed by atoms with Crippen LogP contribution in [0.5, 0.6) is 5.75 Å². The Hall–Kier alpha value is -1.23. The van der Waals surface area contributed by atoms with Crippen molar-refractivity contribution in [2.45, 2.75) is 0 Å². The molecule has 1 rings (SSSR count). The number of hydrogen-bond donors (Lipinski definition) is 1. The first-order valence-corrected chi connectivity index (χ1v) is 3.39. The lowest BCUT2D eigenvalue weighted by atomic mass is 10.2. The Kier molecular flexibility index (Phi) is 2.47. The first kappa shape index (κ1) is 9.85. The number of carbonyl (C=O) groups is 1. The molecule has 1 aromatic carbocycles. The van der Waals surface area contributed by atoms with Gasteiger partial charge in [-0.2, -0.15) is 4.39 Å². The number of rotatable bonds is 1. The Morgan fingerprint density at radius 2 is 1.85 bits per heavy atom. The second-order valence-electron chi connectivity index (χ2n) is 2.16. The van der Waals surface area contributed by atoms with E-state index in [9.17, 15) is 18.0 Å². The topological polar surface area (TPSA) is 37.3 Å². The number of phenols is 1. The monoisotopic (exact) mass is 210 g/mol. The van der Waals surface area contributed by atoms with E-state index < -0.39 is 34.0 Å². The molecule has 6 heteroatoms. The Labute approximate surface area is 75.6 Å². The standard InChI is InChI=1S/C7H2ClF3O2/c8-7(13)2-1-3(9)4(10)5(11)6(2)12/h1,12H. The highest BCUT2D eigenvalue weighted by molar-refractivity contribution is 6.68. The minimum Gasteiger partial charge on any atom is -0.504 e. The van der Waals surface area contributed by atoms with E-state index in [-0.39, 0.29) is 0 Å². The van der Waals surface area contributed by atoms with E-state index >= 15 is 0 Å². The summed E-state index contributed by atoms with van der Waals surface area (Å²) in [6.45, 7) is 0. The highest BCUT2D eigenvalue weighted by atomic mass is 35.5. The Balaban J connectivity index is 3.50. The summed E-state index contributed by atoms with van der Waals surface area (Å²) in [4.78, 5) is 10.4. The molecule has 0 amide bonds. The molecule has 0 aromatic heterocycles. The van der Waals surface area contributed by atoms with Gasteiger partial charge in [0.2, 0.25) is 5.82 Å². The Morgan fingerprint density at radius 1 is 1.31 bits per heavy atom. The fourth-order valence-corrected chi connectivity index (χ4v) is 0.879. The van der Waals surface area contributed by atoms with Crippen LogP contribution in [0.4, 0.5) is 13.2 Å². The molecule has 0 saturated carbocycles. The number of phenolic OH excluding ortho intramolecular Hbond substituents is 1. The summed E-state index contributed by atoms with van der Waals surface area (Å²) in [5.41, 5.74) is -0.807. The average molecular weight is 211 g/mol. The molecule has 0 unspecified atom stereocenters. The molecule has 0 spiro atoms. The number of aromatic hydroxyl groups is 1. The fourth-order valence-electron chi connectivity index (χ4n) is 0.735. The molecule has 70 valence electrons. The van der Waals surface area contributed by atoms with Gasteiger partial charge in [0.1, 0.15) is 0 Å². The van der Waals surface area contributed by atoms with Crippen LogP contribution in [0.25, 0.3) is 0 Å². The van der Waals surface area contributed by atoms with Crippen LogP contribution in [-0.4, -0.2) is 10.3 Å². The quantitative estimate of drug-likeness (QED) is 0.570. The molecule has 0 aliphatic heterocycles. The largest absolute Gasteiger partial charge is 0.504 e. The lowest BCUT2D eigenvalue weighted by Crippen LogP contribution is -1.98. The van der Waals surface area contributed by atoms with Crippen molar-refractivity contribution >= 4 is 16.8 Å². The van der Waals surface area contributed by atoms with Crippen molar-refractivity contribution < 1.29 is 23.1 Å². The summed E-state index contributed by atoms with van der Waals surface area (Å²) in [6, 6.07) is 0.322. The van der Waals surface area contributed by atoms with Crippen LogP contribution < -0.4 is 0 Å². The number of halogens is 4. The van der Waals surface area contributed by atoms with Crippen LogP contribution in [-0.2, 0) is 0 Å². The van der Waals surface area contributed by atoms with Crippen molar-refractivity contribution in [3.63, 3.8) is 0 Å².